The normalized spacial score (nSPS) is 12.4. The molecule has 0 amide bonds. The molecule has 94 valence electrons. The molecule has 0 saturated carbocycles. The van der Waals surface area contributed by atoms with E-state index in [0.717, 1.165) is 11.3 Å². The fourth-order valence-corrected chi connectivity index (χ4v) is 2.53. The van der Waals surface area contributed by atoms with Crippen molar-refractivity contribution in [2.24, 2.45) is 5.73 Å². The monoisotopic (exact) mass is 261 g/mol. The van der Waals surface area contributed by atoms with E-state index < -0.39 is 0 Å². The van der Waals surface area contributed by atoms with E-state index in [0.29, 0.717) is 4.90 Å². The zero-order valence-electron chi connectivity index (χ0n) is 10.3. The minimum Gasteiger partial charge on any atom is -0.324 e. The lowest BCUT2D eigenvalue weighted by Crippen LogP contribution is -2.05. The fraction of sp³-hybridized carbons (Fsp3) is 0.200. The van der Waals surface area contributed by atoms with Crippen LogP contribution in [0.4, 0.5) is 4.39 Å². The highest BCUT2D eigenvalue weighted by atomic mass is 32.2. The van der Waals surface area contributed by atoms with Crippen molar-refractivity contribution in [3.63, 3.8) is 0 Å². The van der Waals surface area contributed by atoms with Gasteiger partial charge in [-0.1, -0.05) is 36.4 Å². The summed E-state index contributed by atoms with van der Waals surface area (Å²) in [5.74, 6) is 0.584. The minimum absolute atomic E-state index is 0.132. The summed E-state index contributed by atoms with van der Waals surface area (Å²) in [6.07, 6.45) is 0. The summed E-state index contributed by atoms with van der Waals surface area (Å²) in [6.45, 7) is 1.85. The molecule has 0 aliphatic carbocycles. The molecular weight excluding hydrogens is 245 g/mol. The molecule has 2 aromatic carbocycles. The predicted octanol–water partition coefficient (Wildman–Crippen LogP) is 4.14. The number of rotatable bonds is 4. The Labute approximate surface area is 111 Å². The Bertz CT molecular complexity index is 511. The number of halogens is 1. The summed E-state index contributed by atoms with van der Waals surface area (Å²) < 4.78 is 13.8. The third-order valence-corrected chi connectivity index (χ3v) is 3.84. The van der Waals surface area contributed by atoms with Crippen LogP contribution < -0.4 is 5.73 Å². The quantitative estimate of drug-likeness (QED) is 0.837. The van der Waals surface area contributed by atoms with Gasteiger partial charge in [0.05, 0.1) is 0 Å². The number of benzene rings is 2. The van der Waals surface area contributed by atoms with Crippen LogP contribution in [-0.4, -0.2) is 0 Å². The molecule has 2 N–H and O–H groups in total. The average molecular weight is 261 g/mol. The van der Waals surface area contributed by atoms with E-state index in [1.807, 2.05) is 49.4 Å². The van der Waals surface area contributed by atoms with Crippen molar-refractivity contribution >= 4 is 11.8 Å². The van der Waals surface area contributed by atoms with Crippen molar-refractivity contribution < 1.29 is 4.39 Å². The number of hydrogen-bond donors (Lipinski definition) is 1. The van der Waals surface area contributed by atoms with Gasteiger partial charge in [-0.25, -0.2) is 4.39 Å². The van der Waals surface area contributed by atoms with Crippen LogP contribution in [-0.2, 0) is 5.75 Å². The van der Waals surface area contributed by atoms with Gasteiger partial charge in [0.2, 0.25) is 0 Å². The van der Waals surface area contributed by atoms with E-state index in [-0.39, 0.29) is 11.9 Å². The molecule has 18 heavy (non-hydrogen) atoms. The molecule has 0 unspecified atom stereocenters. The highest BCUT2D eigenvalue weighted by Crippen LogP contribution is 2.27. The second-order valence-electron chi connectivity index (χ2n) is 4.25. The summed E-state index contributed by atoms with van der Waals surface area (Å²) in [7, 11) is 0. The zero-order valence-corrected chi connectivity index (χ0v) is 11.1. The third kappa shape index (κ3) is 3.34. The van der Waals surface area contributed by atoms with E-state index in [1.54, 1.807) is 0 Å². The highest BCUT2D eigenvalue weighted by Gasteiger charge is 2.06. The van der Waals surface area contributed by atoms with Crippen molar-refractivity contribution in [1.82, 2.24) is 0 Å². The van der Waals surface area contributed by atoms with Crippen LogP contribution in [0.25, 0.3) is 0 Å². The lowest BCUT2D eigenvalue weighted by molar-refractivity contribution is 0.596. The minimum atomic E-state index is -0.189. The molecule has 0 fully saturated rings. The van der Waals surface area contributed by atoms with Crippen LogP contribution in [0.15, 0.2) is 53.4 Å². The maximum atomic E-state index is 13.8. The van der Waals surface area contributed by atoms with Gasteiger partial charge >= 0.3 is 0 Å². The molecule has 0 aliphatic rings. The van der Waals surface area contributed by atoms with Crippen molar-refractivity contribution in [2.45, 2.75) is 23.6 Å². The maximum absolute atomic E-state index is 13.8. The lowest BCUT2D eigenvalue weighted by Gasteiger charge is -2.08. The summed E-state index contributed by atoms with van der Waals surface area (Å²) in [4.78, 5) is 0.670. The molecule has 3 heteroatoms. The summed E-state index contributed by atoms with van der Waals surface area (Å²) in [5.41, 5.74) is 7.75. The largest absolute Gasteiger partial charge is 0.324 e. The molecule has 1 nitrogen and oxygen atoms in total. The smallest absolute Gasteiger partial charge is 0.137 e. The fourth-order valence-electron chi connectivity index (χ4n) is 1.65. The molecule has 1 atom stereocenters. The van der Waals surface area contributed by atoms with E-state index in [9.17, 15) is 4.39 Å². The lowest BCUT2D eigenvalue weighted by atomic mass is 10.1. The molecule has 0 radical (unpaired) electrons. The Kier molecular flexibility index (Phi) is 4.39. The Morgan fingerprint density at radius 3 is 2.50 bits per heavy atom. The van der Waals surface area contributed by atoms with E-state index >= 15 is 0 Å². The molecule has 0 saturated heterocycles. The Morgan fingerprint density at radius 1 is 1.17 bits per heavy atom. The topological polar surface area (TPSA) is 26.0 Å². The maximum Gasteiger partial charge on any atom is 0.137 e. The van der Waals surface area contributed by atoms with Crippen LogP contribution in [0.1, 0.15) is 24.1 Å². The van der Waals surface area contributed by atoms with Gasteiger partial charge in [-0.2, -0.15) is 0 Å². The van der Waals surface area contributed by atoms with Crippen LogP contribution in [0.3, 0.4) is 0 Å². The Morgan fingerprint density at radius 2 is 1.89 bits per heavy atom. The van der Waals surface area contributed by atoms with Gasteiger partial charge in [-0.15, -0.1) is 11.8 Å². The van der Waals surface area contributed by atoms with Gasteiger partial charge in [0.25, 0.3) is 0 Å². The van der Waals surface area contributed by atoms with Gasteiger partial charge in [-0.3, -0.25) is 0 Å². The van der Waals surface area contributed by atoms with Crippen LogP contribution in [0.5, 0.6) is 0 Å². The van der Waals surface area contributed by atoms with Crippen LogP contribution in [0, 0.1) is 5.82 Å². The molecule has 0 bridgehead atoms. The molecule has 2 rings (SSSR count). The SMILES string of the molecule is C[C@@H](N)c1ccc(SCc2ccccc2)c(F)c1. The number of thioether (sulfide) groups is 1. The van der Waals surface area contributed by atoms with Crippen molar-refractivity contribution in [1.29, 1.82) is 0 Å². The molecule has 2 aromatic rings. The van der Waals surface area contributed by atoms with E-state index in [2.05, 4.69) is 0 Å². The Hall–Kier alpha value is -1.32. The first-order valence-corrected chi connectivity index (χ1v) is 6.87. The zero-order chi connectivity index (χ0) is 13.0. The van der Waals surface area contributed by atoms with Crippen molar-refractivity contribution in [3.8, 4) is 0 Å². The average Bonchev–Trinajstić information content (AvgIpc) is 2.38. The second-order valence-corrected chi connectivity index (χ2v) is 5.27. The standard InChI is InChI=1S/C15H16FNS/c1-11(17)13-7-8-15(14(16)9-13)18-10-12-5-3-2-4-6-12/h2-9,11H,10,17H2,1H3/t11-/m1/s1. The van der Waals surface area contributed by atoms with Crippen molar-refractivity contribution in [2.75, 3.05) is 0 Å². The number of hydrogen-bond acceptors (Lipinski definition) is 2. The first-order chi connectivity index (χ1) is 8.66. The van der Waals surface area contributed by atoms with E-state index in [1.165, 1.54) is 23.4 Å². The van der Waals surface area contributed by atoms with Gasteiger partial charge in [0, 0.05) is 16.7 Å². The van der Waals surface area contributed by atoms with E-state index in [4.69, 9.17) is 5.73 Å². The summed E-state index contributed by atoms with van der Waals surface area (Å²) in [5, 5.41) is 0. The van der Waals surface area contributed by atoms with Crippen LogP contribution in [0.2, 0.25) is 0 Å². The molecule has 0 heterocycles. The predicted molar refractivity (Wildman–Crippen MR) is 75.0 cm³/mol. The van der Waals surface area contributed by atoms with Gasteiger partial charge in [-0.05, 0) is 30.2 Å². The van der Waals surface area contributed by atoms with Gasteiger partial charge < -0.3 is 5.73 Å². The molecule has 0 aliphatic heterocycles. The molecule has 0 aromatic heterocycles. The first-order valence-electron chi connectivity index (χ1n) is 5.88. The second kappa shape index (κ2) is 6.03. The molecular formula is C15H16FNS. The molecule has 0 spiro atoms. The van der Waals surface area contributed by atoms with Gasteiger partial charge in [0.1, 0.15) is 5.82 Å². The summed E-state index contributed by atoms with van der Waals surface area (Å²) in [6, 6.07) is 15.1. The van der Waals surface area contributed by atoms with Crippen molar-refractivity contribution in [3.05, 3.63) is 65.5 Å². The summed E-state index contributed by atoms with van der Waals surface area (Å²) >= 11 is 1.50. The third-order valence-electron chi connectivity index (χ3n) is 2.72. The Balaban J connectivity index is 2.06. The van der Waals surface area contributed by atoms with Gasteiger partial charge in [0.15, 0.2) is 0 Å². The highest BCUT2D eigenvalue weighted by molar-refractivity contribution is 7.98. The first kappa shape index (κ1) is 13.1. The van der Waals surface area contributed by atoms with Crippen LogP contribution >= 0.6 is 11.8 Å². The number of nitrogens with two attached hydrogens (primary N) is 1.